The summed E-state index contributed by atoms with van der Waals surface area (Å²) in [5.41, 5.74) is 5.65. The molecule has 3 aromatic carbocycles. The minimum absolute atomic E-state index is 0.698. The molecule has 0 saturated heterocycles. The van der Waals surface area contributed by atoms with E-state index in [2.05, 4.69) is 48.3 Å². The maximum Gasteiger partial charge on any atom is 0.141 e. The lowest BCUT2D eigenvalue weighted by molar-refractivity contribution is 0.558. The number of hydrogen-bond donors (Lipinski definition) is 0. The van der Waals surface area contributed by atoms with Crippen molar-refractivity contribution in [3.63, 3.8) is 0 Å². The third-order valence-electron chi connectivity index (χ3n) is 4.41. The molecule has 26 heavy (non-hydrogen) atoms. The molecule has 1 aliphatic rings. The van der Waals surface area contributed by atoms with Gasteiger partial charge in [0.15, 0.2) is 0 Å². The van der Waals surface area contributed by atoms with Crippen molar-refractivity contribution in [2.24, 2.45) is 0 Å². The Kier molecular flexibility index (Phi) is 4.78. The van der Waals surface area contributed by atoms with Crippen LogP contribution >= 0.6 is 18.5 Å². The highest BCUT2D eigenvalue weighted by atomic mass is 35.5. The van der Waals surface area contributed by atoms with Gasteiger partial charge in [0, 0.05) is 45.4 Å². The van der Waals surface area contributed by atoms with E-state index in [4.69, 9.17) is 27.9 Å². The molecule has 129 valence electrons. The first kappa shape index (κ1) is 17.2. The number of rotatable bonds is 3. The fourth-order valence-electron chi connectivity index (χ4n) is 3.11. The van der Waals surface area contributed by atoms with Crippen molar-refractivity contribution in [1.29, 1.82) is 0 Å². The van der Waals surface area contributed by atoms with Crippen LogP contribution in [-0.2, 0) is 16.3 Å². The van der Waals surface area contributed by atoms with Gasteiger partial charge in [0.2, 0.25) is 0 Å². The van der Waals surface area contributed by atoms with E-state index in [9.17, 15) is 0 Å². The third-order valence-corrected chi connectivity index (χ3v) is 6.57. The van der Waals surface area contributed by atoms with Gasteiger partial charge in [-0.05, 0) is 48.2 Å². The summed E-state index contributed by atoms with van der Waals surface area (Å²) in [4.78, 5) is 2.21. The van der Waals surface area contributed by atoms with Gasteiger partial charge in [-0.15, -0.1) is 0 Å². The lowest BCUT2D eigenvalue weighted by atomic mass is 9.91. The van der Waals surface area contributed by atoms with Crippen LogP contribution in [0.2, 0.25) is 5.02 Å². The van der Waals surface area contributed by atoms with Gasteiger partial charge in [-0.2, -0.15) is 0 Å². The Morgan fingerprint density at radius 1 is 0.885 bits per heavy atom. The average molecular weight is 397 g/mol. The summed E-state index contributed by atoms with van der Waals surface area (Å²) in [5.74, 6) is 0. The Bertz CT molecular complexity index is 967. The van der Waals surface area contributed by atoms with Crippen LogP contribution in [0, 0.1) is 0 Å². The molecule has 0 aliphatic carbocycles. The van der Waals surface area contributed by atoms with E-state index in [1.165, 1.54) is 0 Å². The zero-order valence-corrected chi connectivity index (χ0v) is 16.6. The standard InChI is InChI=1S/C21H16ClNOPS/c1-23-20-8-4-2-6-17(20)19(18-7-3-5-9-21(18)23)14-24-25(26)16-12-10-15(22)11-13-16/h2-14H,1H3. The van der Waals surface area contributed by atoms with Crippen LogP contribution in [0.15, 0.2) is 79.1 Å². The second kappa shape index (κ2) is 7.20. The lowest BCUT2D eigenvalue weighted by Crippen LogP contribution is -2.17. The Morgan fingerprint density at radius 3 is 2.00 bits per heavy atom. The zero-order valence-electron chi connectivity index (χ0n) is 14.1. The number of fused-ring (bicyclic) bond motifs is 2. The molecule has 1 aliphatic heterocycles. The van der Waals surface area contributed by atoms with Crippen molar-refractivity contribution in [3.05, 3.63) is 95.2 Å². The van der Waals surface area contributed by atoms with Crippen LogP contribution in [0.25, 0.3) is 5.57 Å². The Morgan fingerprint density at radius 2 is 1.42 bits per heavy atom. The third kappa shape index (κ3) is 3.14. The Labute approximate surface area is 164 Å². The predicted molar refractivity (Wildman–Crippen MR) is 114 cm³/mol. The highest BCUT2D eigenvalue weighted by Gasteiger charge is 2.23. The van der Waals surface area contributed by atoms with Crippen molar-refractivity contribution in [2.75, 3.05) is 11.9 Å². The van der Waals surface area contributed by atoms with Gasteiger partial charge >= 0.3 is 0 Å². The molecule has 0 fully saturated rings. The molecular weight excluding hydrogens is 381 g/mol. The molecule has 1 radical (unpaired) electrons. The van der Waals surface area contributed by atoms with Gasteiger partial charge in [-0.25, -0.2) is 0 Å². The minimum Gasteiger partial charge on any atom is -0.442 e. The van der Waals surface area contributed by atoms with Crippen LogP contribution in [0.5, 0.6) is 0 Å². The van der Waals surface area contributed by atoms with Gasteiger partial charge in [0.05, 0.1) is 0 Å². The molecule has 2 nitrogen and oxygen atoms in total. The highest BCUT2D eigenvalue weighted by molar-refractivity contribution is 8.06. The summed E-state index contributed by atoms with van der Waals surface area (Å²) < 4.78 is 6.01. The Balaban J connectivity index is 1.74. The monoisotopic (exact) mass is 396 g/mol. The van der Waals surface area contributed by atoms with Gasteiger partial charge in [0.25, 0.3) is 0 Å². The number of hydrogen-bond acceptors (Lipinski definition) is 3. The molecular formula is C21H16ClNOPS. The van der Waals surface area contributed by atoms with E-state index < -0.39 is 6.92 Å². The molecule has 3 aromatic rings. The molecule has 0 saturated carbocycles. The second-order valence-corrected chi connectivity index (χ2v) is 8.64. The van der Waals surface area contributed by atoms with Crippen molar-refractivity contribution >= 4 is 52.6 Å². The fraction of sp³-hybridized carbons (Fsp3) is 0.0476. The van der Waals surface area contributed by atoms with E-state index in [0.29, 0.717) is 5.02 Å². The summed E-state index contributed by atoms with van der Waals surface area (Å²) in [5, 5.41) is 1.68. The summed E-state index contributed by atoms with van der Waals surface area (Å²) >= 11 is 11.5. The number of nitrogens with zero attached hydrogens (tertiary/aromatic N) is 1. The van der Waals surface area contributed by atoms with Crippen LogP contribution < -0.4 is 10.2 Å². The summed E-state index contributed by atoms with van der Waals surface area (Å²) in [6.45, 7) is -1.17. The summed E-state index contributed by atoms with van der Waals surface area (Å²) in [6.07, 6.45) is 1.82. The molecule has 1 heterocycles. The van der Waals surface area contributed by atoms with Gasteiger partial charge < -0.3 is 9.42 Å². The molecule has 1 unspecified atom stereocenters. The molecule has 0 spiro atoms. The first-order valence-corrected chi connectivity index (χ1v) is 10.8. The SMILES string of the molecule is CN1c2ccccc2C(=CO[P](=S)c2ccc(Cl)cc2)c2ccccc21. The maximum absolute atomic E-state index is 6.01. The normalized spacial score (nSPS) is 12.9. The topological polar surface area (TPSA) is 12.5 Å². The average Bonchev–Trinajstić information content (AvgIpc) is 2.68. The highest BCUT2D eigenvalue weighted by Crippen LogP contribution is 2.44. The van der Waals surface area contributed by atoms with Crippen LogP contribution in [0.3, 0.4) is 0 Å². The smallest absolute Gasteiger partial charge is 0.141 e. The van der Waals surface area contributed by atoms with E-state index in [1.54, 1.807) is 0 Å². The van der Waals surface area contributed by atoms with E-state index in [-0.39, 0.29) is 0 Å². The lowest BCUT2D eigenvalue weighted by Gasteiger charge is -2.31. The summed E-state index contributed by atoms with van der Waals surface area (Å²) in [7, 11) is 2.09. The van der Waals surface area contributed by atoms with Crippen molar-refractivity contribution in [2.45, 2.75) is 0 Å². The van der Waals surface area contributed by atoms with Crippen LogP contribution in [0.1, 0.15) is 11.1 Å². The predicted octanol–water partition coefficient (Wildman–Crippen LogP) is 6.01. The van der Waals surface area contributed by atoms with Crippen molar-refractivity contribution in [3.8, 4) is 0 Å². The fourth-order valence-corrected chi connectivity index (χ4v) is 4.45. The van der Waals surface area contributed by atoms with Gasteiger partial charge in [-0.1, -0.05) is 48.0 Å². The molecule has 0 amide bonds. The van der Waals surface area contributed by atoms with Gasteiger partial charge in [-0.3, -0.25) is 0 Å². The first-order chi connectivity index (χ1) is 12.6. The number of benzene rings is 3. The maximum atomic E-state index is 6.01. The number of halogens is 1. The largest absolute Gasteiger partial charge is 0.442 e. The van der Waals surface area contributed by atoms with Crippen LogP contribution in [-0.4, -0.2) is 7.05 Å². The van der Waals surface area contributed by atoms with Gasteiger partial charge in [0.1, 0.15) is 13.2 Å². The minimum atomic E-state index is -1.17. The van der Waals surface area contributed by atoms with E-state index >= 15 is 0 Å². The zero-order chi connectivity index (χ0) is 18.1. The first-order valence-electron chi connectivity index (χ1n) is 8.17. The van der Waals surface area contributed by atoms with E-state index in [1.807, 2.05) is 42.7 Å². The summed E-state index contributed by atoms with van der Waals surface area (Å²) in [6, 6.07) is 24.2. The van der Waals surface area contributed by atoms with Crippen molar-refractivity contribution < 1.29 is 4.52 Å². The molecule has 0 bridgehead atoms. The quantitative estimate of drug-likeness (QED) is 0.397. The number of para-hydroxylation sites is 2. The van der Waals surface area contributed by atoms with Crippen LogP contribution in [0.4, 0.5) is 11.4 Å². The second-order valence-electron chi connectivity index (χ2n) is 5.96. The number of anilines is 2. The molecule has 0 aromatic heterocycles. The van der Waals surface area contributed by atoms with E-state index in [0.717, 1.165) is 33.4 Å². The molecule has 0 N–H and O–H groups in total. The van der Waals surface area contributed by atoms with Crippen molar-refractivity contribution in [1.82, 2.24) is 0 Å². The Hall–Kier alpha value is -2.19. The molecule has 1 atom stereocenters. The molecule has 4 rings (SSSR count). The molecule has 5 heteroatoms.